The van der Waals surface area contributed by atoms with Crippen molar-refractivity contribution in [3.05, 3.63) is 48.0 Å². The predicted molar refractivity (Wildman–Crippen MR) is 77.8 cm³/mol. The highest BCUT2D eigenvalue weighted by Crippen LogP contribution is 2.24. The Hall–Kier alpha value is -1.34. The Balaban J connectivity index is 1.80. The van der Waals surface area contributed by atoms with Crippen LogP contribution >= 0.6 is 0 Å². The maximum atomic E-state index is 3.76. The normalized spacial score (nSPS) is 18.3. The first-order valence-electron chi connectivity index (χ1n) is 7.08. The predicted octanol–water partition coefficient (Wildman–Crippen LogP) is 4.43. The van der Waals surface area contributed by atoms with E-state index in [4.69, 9.17) is 0 Å². The van der Waals surface area contributed by atoms with Gasteiger partial charge in [0.15, 0.2) is 0 Å². The van der Waals surface area contributed by atoms with Crippen LogP contribution in [0.1, 0.15) is 44.2 Å². The van der Waals surface area contributed by atoms with E-state index in [0.29, 0.717) is 6.04 Å². The van der Waals surface area contributed by atoms with Crippen LogP contribution < -0.4 is 5.32 Å². The van der Waals surface area contributed by atoms with Crippen molar-refractivity contribution in [2.24, 2.45) is 0 Å². The van der Waals surface area contributed by atoms with Crippen LogP contribution in [0.15, 0.2) is 42.5 Å². The average Bonchev–Trinajstić information content (AvgIpc) is 2.91. The van der Waals surface area contributed by atoms with Crippen molar-refractivity contribution in [3.63, 3.8) is 0 Å². The fourth-order valence-corrected chi connectivity index (χ4v) is 3.02. The molecular formula is C17H21N. The molecule has 0 heterocycles. The Labute approximate surface area is 109 Å². The van der Waals surface area contributed by atoms with E-state index in [1.165, 1.54) is 42.0 Å². The summed E-state index contributed by atoms with van der Waals surface area (Å²) in [5.74, 6) is 0. The third-order valence-electron chi connectivity index (χ3n) is 4.11. The molecule has 1 aliphatic rings. The van der Waals surface area contributed by atoms with Gasteiger partial charge in [0.05, 0.1) is 0 Å². The van der Waals surface area contributed by atoms with Crippen molar-refractivity contribution in [1.82, 2.24) is 5.32 Å². The zero-order valence-electron chi connectivity index (χ0n) is 11.0. The van der Waals surface area contributed by atoms with Gasteiger partial charge in [0.1, 0.15) is 0 Å². The van der Waals surface area contributed by atoms with Crippen LogP contribution in [-0.2, 0) is 0 Å². The maximum Gasteiger partial charge on any atom is 0.0294 e. The van der Waals surface area contributed by atoms with E-state index >= 15 is 0 Å². The number of hydrogen-bond acceptors (Lipinski definition) is 1. The smallest absolute Gasteiger partial charge is 0.0294 e. The molecule has 94 valence electrons. The Morgan fingerprint density at radius 2 is 1.72 bits per heavy atom. The van der Waals surface area contributed by atoms with Gasteiger partial charge in [-0.2, -0.15) is 0 Å². The first kappa shape index (κ1) is 11.7. The molecule has 0 amide bonds. The summed E-state index contributed by atoms with van der Waals surface area (Å²) in [4.78, 5) is 0. The van der Waals surface area contributed by atoms with Crippen molar-refractivity contribution in [1.29, 1.82) is 0 Å². The highest BCUT2D eigenvalue weighted by atomic mass is 14.9. The summed E-state index contributed by atoms with van der Waals surface area (Å²) in [5, 5.41) is 6.43. The molecule has 1 heteroatoms. The summed E-state index contributed by atoms with van der Waals surface area (Å²) in [7, 11) is 0. The monoisotopic (exact) mass is 239 g/mol. The molecule has 1 N–H and O–H groups in total. The van der Waals surface area contributed by atoms with Crippen molar-refractivity contribution in [2.45, 2.75) is 44.7 Å². The summed E-state index contributed by atoms with van der Waals surface area (Å²) < 4.78 is 0. The number of benzene rings is 2. The molecule has 0 saturated heterocycles. The topological polar surface area (TPSA) is 12.0 Å². The van der Waals surface area contributed by atoms with Gasteiger partial charge in [-0.1, -0.05) is 49.2 Å². The molecule has 1 atom stereocenters. The van der Waals surface area contributed by atoms with Crippen molar-refractivity contribution < 1.29 is 0 Å². The fourth-order valence-electron chi connectivity index (χ4n) is 3.02. The Bertz CT molecular complexity index is 526. The van der Waals surface area contributed by atoms with Crippen LogP contribution in [0.5, 0.6) is 0 Å². The molecular weight excluding hydrogens is 218 g/mol. The summed E-state index contributed by atoms with van der Waals surface area (Å²) in [6.45, 7) is 2.28. The summed E-state index contributed by atoms with van der Waals surface area (Å²) >= 11 is 0. The lowest BCUT2D eigenvalue weighted by Crippen LogP contribution is -2.28. The number of hydrogen-bond donors (Lipinski definition) is 1. The van der Waals surface area contributed by atoms with E-state index in [0.717, 1.165) is 6.04 Å². The van der Waals surface area contributed by atoms with Crippen LogP contribution in [0.25, 0.3) is 10.8 Å². The van der Waals surface area contributed by atoms with Crippen molar-refractivity contribution in [2.75, 3.05) is 0 Å². The quantitative estimate of drug-likeness (QED) is 0.835. The summed E-state index contributed by atoms with van der Waals surface area (Å²) in [5.41, 5.74) is 1.40. The minimum Gasteiger partial charge on any atom is -0.307 e. The second-order valence-corrected chi connectivity index (χ2v) is 5.48. The van der Waals surface area contributed by atoms with Gasteiger partial charge in [0.25, 0.3) is 0 Å². The van der Waals surface area contributed by atoms with E-state index in [9.17, 15) is 0 Å². The minimum atomic E-state index is 0.456. The van der Waals surface area contributed by atoms with E-state index in [2.05, 4.69) is 54.7 Å². The van der Waals surface area contributed by atoms with Gasteiger partial charge in [0.2, 0.25) is 0 Å². The van der Waals surface area contributed by atoms with E-state index < -0.39 is 0 Å². The SMILES string of the molecule is CC(NC1CCCC1)c1ccc2ccccc2c1. The minimum absolute atomic E-state index is 0.456. The van der Waals surface area contributed by atoms with Crippen molar-refractivity contribution >= 4 is 10.8 Å². The van der Waals surface area contributed by atoms with Gasteiger partial charge in [-0.05, 0) is 42.2 Å². The van der Waals surface area contributed by atoms with Crippen LogP contribution in [0.3, 0.4) is 0 Å². The second kappa shape index (κ2) is 5.11. The van der Waals surface area contributed by atoms with Gasteiger partial charge in [-0.25, -0.2) is 0 Å². The molecule has 0 bridgehead atoms. The zero-order valence-corrected chi connectivity index (χ0v) is 11.0. The fraction of sp³-hybridized carbons (Fsp3) is 0.412. The highest BCUT2D eigenvalue weighted by molar-refractivity contribution is 5.83. The molecule has 0 radical (unpaired) electrons. The molecule has 1 fully saturated rings. The highest BCUT2D eigenvalue weighted by Gasteiger charge is 2.17. The Morgan fingerprint density at radius 3 is 2.50 bits per heavy atom. The number of fused-ring (bicyclic) bond motifs is 1. The standard InChI is InChI=1S/C17H21N/c1-13(18-17-8-4-5-9-17)15-11-10-14-6-2-3-7-16(14)12-15/h2-3,6-7,10-13,17-18H,4-5,8-9H2,1H3. The molecule has 3 rings (SSSR count). The van der Waals surface area contributed by atoms with Crippen LogP contribution in [0.4, 0.5) is 0 Å². The van der Waals surface area contributed by atoms with Gasteiger partial charge < -0.3 is 5.32 Å². The molecule has 0 spiro atoms. The molecule has 0 aromatic heterocycles. The van der Waals surface area contributed by atoms with Gasteiger partial charge in [-0.15, -0.1) is 0 Å². The second-order valence-electron chi connectivity index (χ2n) is 5.48. The summed E-state index contributed by atoms with van der Waals surface area (Å²) in [6, 6.07) is 16.6. The van der Waals surface area contributed by atoms with Gasteiger partial charge in [0, 0.05) is 12.1 Å². The third kappa shape index (κ3) is 2.41. The first-order valence-corrected chi connectivity index (χ1v) is 7.08. The van der Waals surface area contributed by atoms with E-state index in [1.807, 2.05) is 0 Å². The molecule has 1 unspecified atom stereocenters. The molecule has 2 aromatic rings. The average molecular weight is 239 g/mol. The third-order valence-corrected chi connectivity index (χ3v) is 4.11. The largest absolute Gasteiger partial charge is 0.307 e. The molecule has 18 heavy (non-hydrogen) atoms. The van der Waals surface area contributed by atoms with E-state index in [1.54, 1.807) is 0 Å². The zero-order chi connectivity index (χ0) is 12.4. The number of nitrogens with one attached hydrogen (secondary N) is 1. The van der Waals surface area contributed by atoms with Gasteiger partial charge in [-0.3, -0.25) is 0 Å². The van der Waals surface area contributed by atoms with Crippen LogP contribution in [0, 0.1) is 0 Å². The summed E-state index contributed by atoms with van der Waals surface area (Å²) in [6.07, 6.45) is 5.47. The Morgan fingerprint density at radius 1 is 1.00 bits per heavy atom. The van der Waals surface area contributed by atoms with Crippen molar-refractivity contribution in [3.8, 4) is 0 Å². The Kier molecular flexibility index (Phi) is 3.33. The lowest BCUT2D eigenvalue weighted by atomic mass is 10.0. The lowest BCUT2D eigenvalue weighted by molar-refractivity contribution is 0.461. The van der Waals surface area contributed by atoms with Crippen LogP contribution in [-0.4, -0.2) is 6.04 Å². The van der Waals surface area contributed by atoms with Gasteiger partial charge >= 0.3 is 0 Å². The molecule has 1 nitrogen and oxygen atoms in total. The first-order chi connectivity index (χ1) is 8.83. The van der Waals surface area contributed by atoms with Crippen LogP contribution in [0.2, 0.25) is 0 Å². The molecule has 0 aliphatic heterocycles. The van der Waals surface area contributed by atoms with E-state index in [-0.39, 0.29) is 0 Å². The molecule has 1 saturated carbocycles. The lowest BCUT2D eigenvalue weighted by Gasteiger charge is -2.20. The number of rotatable bonds is 3. The molecule has 1 aliphatic carbocycles. The molecule has 2 aromatic carbocycles. The maximum absolute atomic E-state index is 3.76.